The first-order valence-corrected chi connectivity index (χ1v) is 7.20. The van der Waals surface area contributed by atoms with E-state index >= 15 is 0 Å². The highest BCUT2D eigenvalue weighted by molar-refractivity contribution is 6.31. The van der Waals surface area contributed by atoms with Crippen LogP contribution in [0.25, 0.3) is 0 Å². The molecule has 0 bridgehead atoms. The smallest absolute Gasteiger partial charge is 0.236 e. The van der Waals surface area contributed by atoms with Crippen molar-refractivity contribution < 1.29 is 4.52 Å². The fraction of sp³-hybridized carbons (Fsp3) is 0.467. The van der Waals surface area contributed by atoms with Gasteiger partial charge in [0.25, 0.3) is 0 Å². The van der Waals surface area contributed by atoms with Crippen LogP contribution in [0.15, 0.2) is 28.8 Å². The molecule has 0 aliphatic heterocycles. The minimum atomic E-state index is -0.441. The van der Waals surface area contributed by atoms with Crippen molar-refractivity contribution in [2.24, 2.45) is 5.73 Å². The van der Waals surface area contributed by atoms with E-state index in [1.165, 1.54) is 0 Å². The van der Waals surface area contributed by atoms with Gasteiger partial charge in [-0.2, -0.15) is 4.98 Å². The zero-order valence-electron chi connectivity index (χ0n) is 12.1. The lowest BCUT2D eigenvalue weighted by molar-refractivity contribution is 0.228. The SMILES string of the molecule is CC(C)(c1nc(C2(N)CCC2)no1)c1ccccc1Cl.Cl. The second-order valence-electron chi connectivity index (χ2n) is 6.04. The van der Waals surface area contributed by atoms with Crippen LogP contribution in [0.3, 0.4) is 0 Å². The minimum Gasteiger partial charge on any atom is -0.338 e. The first-order valence-electron chi connectivity index (χ1n) is 6.82. The molecule has 1 fully saturated rings. The third-order valence-corrected chi connectivity index (χ3v) is 4.53. The van der Waals surface area contributed by atoms with Crippen LogP contribution in [0.5, 0.6) is 0 Å². The monoisotopic (exact) mass is 327 g/mol. The standard InChI is InChI=1S/C15H18ClN3O.ClH/c1-14(2,10-6-3-4-7-11(10)16)13-18-12(19-20-13)15(17)8-5-9-15;/h3-4,6-7H,5,8-9,17H2,1-2H3;1H. The molecule has 0 radical (unpaired) electrons. The van der Waals surface area contributed by atoms with E-state index in [-0.39, 0.29) is 12.4 Å². The van der Waals surface area contributed by atoms with Crippen LogP contribution in [0.4, 0.5) is 0 Å². The van der Waals surface area contributed by atoms with Crippen molar-refractivity contribution in [1.29, 1.82) is 0 Å². The van der Waals surface area contributed by atoms with Gasteiger partial charge in [-0.1, -0.05) is 35.0 Å². The van der Waals surface area contributed by atoms with Crippen molar-refractivity contribution in [3.8, 4) is 0 Å². The van der Waals surface area contributed by atoms with Gasteiger partial charge < -0.3 is 10.3 Å². The second-order valence-corrected chi connectivity index (χ2v) is 6.44. The zero-order valence-corrected chi connectivity index (χ0v) is 13.7. The number of hydrogen-bond acceptors (Lipinski definition) is 4. The zero-order chi connectivity index (χ0) is 14.4. The molecule has 1 aromatic heterocycles. The second kappa shape index (κ2) is 5.59. The van der Waals surface area contributed by atoms with Crippen LogP contribution >= 0.6 is 24.0 Å². The summed E-state index contributed by atoms with van der Waals surface area (Å²) in [5.41, 5.74) is 6.36. The molecule has 0 atom stereocenters. The van der Waals surface area contributed by atoms with E-state index in [9.17, 15) is 0 Å². The lowest BCUT2D eigenvalue weighted by Crippen LogP contribution is -2.44. The van der Waals surface area contributed by atoms with Crippen LogP contribution < -0.4 is 5.73 Å². The number of halogens is 2. The van der Waals surface area contributed by atoms with Gasteiger partial charge in [0, 0.05) is 5.02 Å². The number of nitrogens with two attached hydrogens (primary N) is 1. The predicted molar refractivity (Wildman–Crippen MR) is 84.8 cm³/mol. The van der Waals surface area contributed by atoms with Crippen LogP contribution in [0.2, 0.25) is 5.02 Å². The van der Waals surface area contributed by atoms with Crippen molar-refractivity contribution in [3.63, 3.8) is 0 Å². The maximum Gasteiger partial charge on any atom is 0.236 e. The number of rotatable bonds is 3. The summed E-state index contributed by atoms with van der Waals surface area (Å²) in [6, 6.07) is 7.71. The van der Waals surface area contributed by atoms with Crippen molar-refractivity contribution in [2.45, 2.75) is 44.1 Å². The number of benzene rings is 1. The summed E-state index contributed by atoms with van der Waals surface area (Å²) in [4.78, 5) is 4.53. The first kappa shape index (κ1) is 16.3. The molecule has 2 aromatic rings. The third kappa shape index (κ3) is 2.68. The highest BCUT2D eigenvalue weighted by atomic mass is 35.5. The molecule has 21 heavy (non-hydrogen) atoms. The third-order valence-electron chi connectivity index (χ3n) is 4.20. The summed E-state index contributed by atoms with van der Waals surface area (Å²) in [5, 5.41) is 4.77. The summed E-state index contributed by atoms with van der Waals surface area (Å²) >= 11 is 6.28. The lowest BCUT2D eigenvalue weighted by Gasteiger charge is -2.34. The molecule has 2 N–H and O–H groups in total. The molecule has 1 aliphatic rings. The summed E-state index contributed by atoms with van der Waals surface area (Å²) in [5.74, 6) is 1.16. The first-order chi connectivity index (χ1) is 9.43. The molecule has 1 heterocycles. The molecule has 0 saturated heterocycles. The van der Waals surface area contributed by atoms with E-state index in [0.29, 0.717) is 16.7 Å². The van der Waals surface area contributed by atoms with E-state index in [1.54, 1.807) is 0 Å². The predicted octanol–water partition coefficient (Wildman–Crippen LogP) is 3.81. The van der Waals surface area contributed by atoms with E-state index in [0.717, 1.165) is 24.8 Å². The fourth-order valence-corrected chi connectivity index (χ4v) is 2.92. The Kier molecular flexibility index (Phi) is 4.34. The molecule has 1 saturated carbocycles. The van der Waals surface area contributed by atoms with Crippen LogP contribution in [-0.2, 0) is 11.0 Å². The summed E-state index contributed by atoms with van der Waals surface area (Å²) < 4.78 is 5.46. The molecule has 1 aliphatic carbocycles. The lowest BCUT2D eigenvalue weighted by atomic mass is 9.77. The molecule has 0 amide bonds. The van der Waals surface area contributed by atoms with Gasteiger partial charge in [-0.25, -0.2) is 0 Å². The number of nitrogens with zero attached hydrogens (tertiary/aromatic N) is 2. The Hall–Kier alpha value is -1.10. The average molecular weight is 328 g/mol. The Morgan fingerprint density at radius 2 is 1.95 bits per heavy atom. The highest BCUT2D eigenvalue weighted by Gasteiger charge is 2.41. The van der Waals surface area contributed by atoms with Gasteiger partial charge in [0.05, 0.1) is 11.0 Å². The van der Waals surface area contributed by atoms with E-state index in [1.807, 2.05) is 38.1 Å². The maximum absolute atomic E-state index is 6.28. The largest absolute Gasteiger partial charge is 0.338 e. The Balaban J connectivity index is 0.00000161. The molecule has 1 aromatic carbocycles. The topological polar surface area (TPSA) is 64.9 Å². The molecule has 0 unspecified atom stereocenters. The van der Waals surface area contributed by atoms with Crippen molar-refractivity contribution >= 4 is 24.0 Å². The van der Waals surface area contributed by atoms with E-state index in [4.69, 9.17) is 21.9 Å². The number of aromatic nitrogens is 2. The molecular weight excluding hydrogens is 309 g/mol. The molecule has 0 spiro atoms. The molecule has 6 heteroatoms. The quantitative estimate of drug-likeness (QED) is 0.930. The van der Waals surface area contributed by atoms with Gasteiger partial charge in [-0.15, -0.1) is 12.4 Å². The van der Waals surface area contributed by atoms with Gasteiger partial charge >= 0.3 is 0 Å². The molecule has 114 valence electrons. The van der Waals surface area contributed by atoms with Crippen LogP contribution in [-0.4, -0.2) is 10.1 Å². The van der Waals surface area contributed by atoms with Crippen molar-refractivity contribution in [1.82, 2.24) is 10.1 Å². The Bertz CT molecular complexity index is 635. The maximum atomic E-state index is 6.28. The Morgan fingerprint density at radius 1 is 1.29 bits per heavy atom. The van der Waals surface area contributed by atoms with Crippen LogP contribution in [0.1, 0.15) is 50.4 Å². The highest BCUT2D eigenvalue weighted by Crippen LogP contribution is 2.39. The van der Waals surface area contributed by atoms with E-state index < -0.39 is 11.0 Å². The van der Waals surface area contributed by atoms with Crippen molar-refractivity contribution in [2.75, 3.05) is 0 Å². The summed E-state index contributed by atoms with van der Waals surface area (Å²) in [6.45, 7) is 4.05. The minimum absolute atomic E-state index is 0. The summed E-state index contributed by atoms with van der Waals surface area (Å²) in [6.07, 6.45) is 2.95. The van der Waals surface area contributed by atoms with E-state index in [2.05, 4.69) is 10.1 Å². The van der Waals surface area contributed by atoms with Gasteiger partial charge in [0.2, 0.25) is 5.89 Å². The Morgan fingerprint density at radius 3 is 2.52 bits per heavy atom. The van der Waals surface area contributed by atoms with Gasteiger partial charge in [0.1, 0.15) is 0 Å². The fourth-order valence-electron chi connectivity index (χ4n) is 2.54. The molecule has 3 rings (SSSR count). The van der Waals surface area contributed by atoms with Crippen molar-refractivity contribution in [3.05, 3.63) is 46.6 Å². The van der Waals surface area contributed by atoms with Gasteiger partial charge in [0.15, 0.2) is 5.82 Å². The molecule has 4 nitrogen and oxygen atoms in total. The average Bonchev–Trinajstić information content (AvgIpc) is 2.87. The normalized spacial score (nSPS) is 17.0. The van der Waals surface area contributed by atoms with Gasteiger partial charge in [-0.05, 0) is 44.7 Å². The molecular formula is C15H19Cl2N3O. The van der Waals surface area contributed by atoms with Crippen LogP contribution in [0, 0.1) is 0 Å². The summed E-state index contributed by atoms with van der Waals surface area (Å²) in [7, 11) is 0. The Labute approximate surface area is 135 Å². The number of hydrogen-bond donors (Lipinski definition) is 1. The van der Waals surface area contributed by atoms with Gasteiger partial charge in [-0.3, -0.25) is 0 Å².